The molecule has 1 nitrogen and oxygen atoms in total. The van der Waals surface area contributed by atoms with Crippen LogP contribution in [0.5, 0.6) is 0 Å². The Morgan fingerprint density at radius 1 is 1.08 bits per heavy atom. The minimum atomic E-state index is 0.809. The van der Waals surface area contributed by atoms with Crippen LogP contribution in [0.4, 0.5) is 0 Å². The Kier molecular flexibility index (Phi) is 3.57. The van der Waals surface area contributed by atoms with Crippen LogP contribution in [0.15, 0.2) is 0 Å². The monoisotopic (exact) mass is 169 g/mol. The van der Waals surface area contributed by atoms with E-state index in [-0.39, 0.29) is 0 Å². The van der Waals surface area contributed by atoms with E-state index in [0.29, 0.717) is 0 Å². The van der Waals surface area contributed by atoms with Crippen molar-refractivity contribution in [2.24, 2.45) is 5.92 Å². The maximum absolute atomic E-state index is 2.67. The lowest BCUT2D eigenvalue weighted by atomic mass is 9.88. The average molecular weight is 169 g/mol. The van der Waals surface area contributed by atoms with Crippen LogP contribution in [0.3, 0.4) is 0 Å². The van der Waals surface area contributed by atoms with Gasteiger partial charge in [0.2, 0.25) is 0 Å². The van der Waals surface area contributed by atoms with Crippen LogP contribution in [0.1, 0.15) is 47.0 Å². The lowest BCUT2D eigenvalue weighted by Gasteiger charge is -2.41. The first-order valence-corrected chi connectivity index (χ1v) is 5.40. The van der Waals surface area contributed by atoms with Crippen LogP contribution < -0.4 is 0 Å². The zero-order valence-corrected chi connectivity index (χ0v) is 9.01. The van der Waals surface area contributed by atoms with Crippen molar-refractivity contribution in [2.45, 2.75) is 59.0 Å². The number of rotatable bonds is 2. The van der Waals surface area contributed by atoms with Gasteiger partial charge in [0.05, 0.1) is 0 Å². The Morgan fingerprint density at radius 3 is 2.00 bits per heavy atom. The third-order valence-corrected chi connectivity index (χ3v) is 3.10. The van der Waals surface area contributed by atoms with E-state index >= 15 is 0 Å². The quantitative estimate of drug-likeness (QED) is 0.614. The summed E-state index contributed by atoms with van der Waals surface area (Å²) in [6.07, 6.45) is 4.08. The zero-order valence-electron chi connectivity index (χ0n) is 9.01. The Hall–Kier alpha value is -0.0400. The molecule has 1 aliphatic heterocycles. The molecule has 0 aromatic heterocycles. The fourth-order valence-corrected chi connectivity index (χ4v) is 2.67. The van der Waals surface area contributed by atoms with Crippen molar-refractivity contribution in [3.8, 4) is 0 Å². The predicted molar refractivity (Wildman–Crippen MR) is 54.3 cm³/mol. The molecule has 12 heavy (non-hydrogen) atoms. The molecule has 0 amide bonds. The van der Waals surface area contributed by atoms with Crippen molar-refractivity contribution in [1.29, 1.82) is 0 Å². The highest BCUT2D eigenvalue weighted by atomic mass is 15.2. The molecule has 0 spiro atoms. The van der Waals surface area contributed by atoms with Gasteiger partial charge in [0.15, 0.2) is 0 Å². The van der Waals surface area contributed by atoms with E-state index in [0.717, 1.165) is 18.0 Å². The fourth-order valence-electron chi connectivity index (χ4n) is 2.67. The summed E-state index contributed by atoms with van der Waals surface area (Å²) in [5.74, 6) is 0.933. The van der Waals surface area contributed by atoms with Gasteiger partial charge in [-0.25, -0.2) is 0 Å². The number of likely N-dealkylation sites (tertiary alicyclic amines) is 1. The van der Waals surface area contributed by atoms with E-state index < -0.39 is 0 Å². The summed E-state index contributed by atoms with van der Waals surface area (Å²) in [6.45, 7) is 10.7. The summed E-state index contributed by atoms with van der Waals surface area (Å²) < 4.78 is 0. The van der Waals surface area contributed by atoms with Crippen molar-refractivity contribution in [2.75, 3.05) is 6.54 Å². The highest BCUT2D eigenvalue weighted by Gasteiger charge is 2.27. The van der Waals surface area contributed by atoms with Gasteiger partial charge in [0.25, 0.3) is 0 Å². The molecule has 72 valence electrons. The highest BCUT2D eigenvalue weighted by Crippen LogP contribution is 2.26. The number of nitrogens with zero attached hydrogens (tertiary/aromatic N) is 1. The summed E-state index contributed by atoms with van der Waals surface area (Å²) >= 11 is 0. The Balaban J connectivity index is 2.48. The highest BCUT2D eigenvalue weighted by molar-refractivity contribution is 4.82. The van der Waals surface area contributed by atoms with Gasteiger partial charge in [-0.2, -0.15) is 0 Å². The van der Waals surface area contributed by atoms with Crippen molar-refractivity contribution in [3.05, 3.63) is 0 Å². The molecule has 1 saturated heterocycles. The molecule has 1 heterocycles. The van der Waals surface area contributed by atoms with Gasteiger partial charge >= 0.3 is 0 Å². The van der Waals surface area contributed by atoms with Gasteiger partial charge < -0.3 is 0 Å². The molecule has 0 radical (unpaired) electrons. The topological polar surface area (TPSA) is 3.24 Å². The molecule has 0 aromatic rings. The Labute approximate surface area is 77.1 Å². The van der Waals surface area contributed by atoms with Crippen LogP contribution >= 0.6 is 0 Å². The van der Waals surface area contributed by atoms with Crippen molar-refractivity contribution in [3.63, 3.8) is 0 Å². The predicted octanol–water partition coefficient (Wildman–Crippen LogP) is 2.91. The van der Waals surface area contributed by atoms with Gasteiger partial charge in [-0.15, -0.1) is 0 Å². The second-order valence-electron chi connectivity index (χ2n) is 4.51. The third-order valence-electron chi connectivity index (χ3n) is 3.10. The van der Waals surface area contributed by atoms with E-state index in [2.05, 4.69) is 32.6 Å². The summed E-state index contributed by atoms with van der Waals surface area (Å²) in [5.41, 5.74) is 0. The molecule has 0 saturated carbocycles. The molecule has 3 atom stereocenters. The maximum atomic E-state index is 2.67. The second kappa shape index (κ2) is 4.27. The molecule has 0 bridgehead atoms. The second-order valence-corrected chi connectivity index (χ2v) is 4.51. The maximum Gasteiger partial charge on any atom is 0.00722 e. The van der Waals surface area contributed by atoms with E-state index in [1.807, 2.05) is 0 Å². The van der Waals surface area contributed by atoms with E-state index in [1.165, 1.54) is 25.8 Å². The van der Waals surface area contributed by atoms with Crippen molar-refractivity contribution < 1.29 is 0 Å². The average Bonchev–Trinajstić information content (AvgIpc) is 1.96. The zero-order chi connectivity index (χ0) is 9.14. The number of piperidine rings is 1. The van der Waals surface area contributed by atoms with E-state index in [9.17, 15) is 0 Å². The number of hydrogen-bond donors (Lipinski definition) is 0. The summed E-state index contributed by atoms with van der Waals surface area (Å²) in [4.78, 5) is 2.67. The Morgan fingerprint density at radius 2 is 1.58 bits per heavy atom. The lowest BCUT2D eigenvalue weighted by Crippen LogP contribution is -2.46. The van der Waals surface area contributed by atoms with Gasteiger partial charge in [-0.1, -0.05) is 13.8 Å². The molecule has 1 heteroatoms. The molecule has 1 aliphatic rings. The van der Waals surface area contributed by atoms with Crippen molar-refractivity contribution >= 4 is 0 Å². The first kappa shape index (κ1) is 10.0. The van der Waals surface area contributed by atoms with Crippen LogP contribution in [-0.2, 0) is 0 Å². The van der Waals surface area contributed by atoms with Crippen molar-refractivity contribution in [1.82, 2.24) is 4.90 Å². The summed E-state index contributed by atoms with van der Waals surface area (Å²) in [5, 5.41) is 0. The molecule has 1 fully saturated rings. The molecular weight excluding hydrogens is 146 g/mol. The van der Waals surface area contributed by atoms with Crippen LogP contribution in [0.25, 0.3) is 0 Å². The van der Waals surface area contributed by atoms with Crippen LogP contribution in [0, 0.1) is 5.92 Å². The van der Waals surface area contributed by atoms with Gasteiger partial charge in [-0.05, 0) is 45.6 Å². The van der Waals surface area contributed by atoms with E-state index in [4.69, 9.17) is 0 Å². The SMILES string of the molecule is CCCN1[C@H](C)CC(C)C[C@@H]1C. The first-order valence-electron chi connectivity index (χ1n) is 5.40. The molecule has 1 rings (SSSR count). The molecule has 0 aromatic carbocycles. The third kappa shape index (κ3) is 2.22. The molecule has 0 aliphatic carbocycles. The first-order chi connectivity index (χ1) is 5.65. The van der Waals surface area contributed by atoms with Crippen LogP contribution in [-0.4, -0.2) is 23.5 Å². The van der Waals surface area contributed by atoms with Gasteiger partial charge in [-0.3, -0.25) is 4.90 Å². The minimum absolute atomic E-state index is 0.809. The summed E-state index contributed by atoms with van der Waals surface area (Å²) in [6, 6.07) is 1.62. The number of hydrogen-bond acceptors (Lipinski definition) is 1. The molecule has 1 unspecified atom stereocenters. The lowest BCUT2D eigenvalue weighted by molar-refractivity contribution is 0.0759. The Bertz CT molecular complexity index is 121. The molecule has 0 N–H and O–H groups in total. The van der Waals surface area contributed by atoms with Crippen LogP contribution in [0.2, 0.25) is 0 Å². The minimum Gasteiger partial charge on any atom is -0.298 e. The smallest absolute Gasteiger partial charge is 0.00722 e. The fraction of sp³-hybridized carbons (Fsp3) is 1.00. The largest absolute Gasteiger partial charge is 0.298 e. The van der Waals surface area contributed by atoms with Gasteiger partial charge in [0, 0.05) is 12.1 Å². The van der Waals surface area contributed by atoms with E-state index in [1.54, 1.807) is 0 Å². The standard InChI is InChI=1S/C11H23N/c1-5-6-12-10(3)7-9(2)8-11(12)4/h9-11H,5-8H2,1-4H3/t9?,10-,11+. The summed E-state index contributed by atoms with van der Waals surface area (Å²) in [7, 11) is 0. The van der Waals surface area contributed by atoms with Gasteiger partial charge in [0.1, 0.15) is 0 Å². The molecular formula is C11H23N. The normalized spacial score (nSPS) is 38.5.